The van der Waals surface area contributed by atoms with Crippen molar-refractivity contribution in [3.63, 3.8) is 0 Å². The molecule has 1 fully saturated rings. The van der Waals surface area contributed by atoms with Gasteiger partial charge in [0.2, 0.25) is 11.0 Å². The van der Waals surface area contributed by atoms with Gasteiger partial charge in [0.1, 0.15) is 5.01 Å². The summed E-state index contributed by atoms with van der Waals surface area (Å²) in [5.41, 5.74) is 0. The van der Waals surface area contributed by atoms with E-state index in [4.69, 9.17) is 11.6 Å². The van der Waals surface area contributed by atoms with E-state index in [0.717, 1.165) is 17.8 Å². The van der Waals surface area contributed by atoms with Crippen molar-refractivity contribution >= 4 is 34.0 Å². The molecule has 1 aliphatic heterocycles. The van der Waals surface area contributed by atoms with Gasteiger partial charge in [0.05, 0.1) is 5.38 Å². The molecule has 1 aromatic heterocycles. The molecule has 1 amide bonds. The summed E-state index contributed by atoms with van der Waals surface area (Å²) in [7, 11) is 0. The molecule has 94 valence electrons. The largest absolute Gasteiger partial charge is 0.285 e. The van der Waals surface area contributed by atoms with Crippen molar-refractivity contribution in [2.75, 3.05) is 11.4 Å². The zero-order valence-electron chi connectivity index (χ0n) is 10.0. The van der Waals surface area contributed by atoms with E-state index in [9.17, 15) is 4.79 Å². The Labute approximate surface area is 110 Å². The Balaban J connectivity index is 2.15. The molecule has 1 aromatic rings. The summed E-state index contributed by atoms with van der Waals surface area (Å²) in [5.74, 6) is 0.503. The highest BCUT2D eigenvalue weighted by Crippen LogP contribution is 2.32. The second-order valence-corrected chi connectivity index (χ2v) is 5.85. The Morgan fingerprint density at radius 1 is 1.47 bits per heavy atom. The summed E-state index contributed by atoms with van der Waals surface area (Å²) in [6.45, 7) is 4.84. The lowest BCUT2D eigenvalue weighted by Gasteiger charge is -2.10. The van der Waals surface area contributed by atoms with Gasteiger partial charge in [-0.25, -0.2) is 0 Å². The van der Waals surface area contributed by atoms with E-state index >= 15 is 0 Å². The number of rotatable bonds is 4. The number of carbonyl (C=O) groups excluding carboxylic acids is 1. The minimum atomic E-state index is -0.0944. The van der Waals surface area contributed by atoms with Crippen LogP contribution in [0.1, 0.15) is 44.0 Å². The van der Waals surface area contributed by atoms with Crippen LogP contribution >= 0.6 is 22.9 Å². The monoisotopic (exact) mass is 273 g/mol. The Morgan fingerprint density at radius 3 is 2.71 bits per heavy atom. The third-order valence-corrected chi connectivity index (χ3v) is 4.47. The van der Waals surface area contributed by atoms with E-state index in [-0.39, 0.29) is 11.3 Å². The minimum Gasteiger partial charge on any atom is -0.285 e. The normalized spacial score (nSPS) is 20.6. The van der Waals surface area contributed by atoms with Gasteiger partial charge in [0.15, 0.2) is 0 Å². The molecule has 6 heteroatoms. The predicted molar refractivity (Wildman–Crippen MR) is 69.8 cm³/mol. The molecule has 4 nitrogen and oxygen atoms in total. The Morgan fingerprint density at radius 2 is 2.18 bits per heavy atom. The first-order valence-corrected chi connectivity index (χ1v) is 7.18. The molecule has 0 spiro atoms. The molecule has 0 saturated carbocycles. The molecule has 0 radical (unpaired) electrons. The predicted octanol–water partition coefficient (Wildman–Crippen LogP) is 2.79. The van der Waals surface area contributed by atoms with Crippen molar-refractivity contribution in [1.29, 1.82) is 0 Å². The van der Waals surface area contributed by atoms with Crippen molar-refractivity contribution in [1.82, 2.24) is 10.2 Å². The smallest absolute Gasteiger partial charge is 0.230 e. The van der Waals surface area contributed by atoms with Gasteiger partial charge in [-0.05, 0) is 12.8 Å². The highest BCUT2D eigenvalue weighted by atomic mass is 35.5. The lowest BCUT2D eigenvalue weighted by atomic mass is 10.1. The molecule has 2 rings (SSSR count). The van der Waals surface area contributed by atoms with Crippen molar-refractivity contribution in [2.24, 2.45) is 0 Å². The first kappa shape index (κ1) is 12.8. The van der Waals surface area contributed by atoms with Crippen LogP contribution in [0, 0.1) is 0 Å². The highest BCUT2D eigenvalue weighted by Gasteiger charge is 2.31. The molecule has 2 heterocycles. The van der Waals surface area contributed by atoms with E-state index in [1.807, 2.05) is 0 Å². The van der Waals surface area contributed by atoms with Crippen LogP contribution in [0.5, 0.6) is 0 Å². The van der Waals surface area contributed by atoms with Crippen LogP contribution in [0.2, 0.25) is 0 Å². The third kappa shape index (κ3) is 2.60. The molecule has 0 N–H and O–H groups in total. The van der Waals surface area contributed by atoms with Gasteiger partial charge in [0, 0.05) is 18.9 Å². The highest BCUT2D eigenvalue weighted by molar-refractivity contribution is 7.15. The minimum absolute atomic E-state index is 0.0530. The Bertz CT molecular complexity index is 405. The summed E-state index contributed by atoms with van der Waals surface area (Å²) in [6, 6.07) is 0. The van der Waals surface area contributed by atoms with Gasteiger partial charge in [-0.2, -0.15) is 0 Å². The summed E-state index contributed by atoms with van der Waals surface area (Å²) in [4.78, 5) is 13.3. The molecule has 1 atom stereocenters. The van der Waals surface area contributed by atoms with E-state index < -0.39 is 0 Å². The number of aromatic nitrogens is 2. The number of carbonyl (C=O) groups is 1. The van der Waals surface area contributed by atoms with Crippen molar-refractivity contribution in [2.45, 2.75) is 44.4 Å². The maximum Gasteiger partial charge on any atom is 0.230 e. The molecule has 1 aliphatic rings. The number of anilines is 1. The fourth-order valence-corrected chi connectivity index (χ4v) is 3.39. The molecule has 0 aliphatic carbocycles. The fraction of sp³-hybridized carbons (Fsp3) is 0.727. The summed E-state index contributed by atoms with van der Waals surface area (Å²) < 4.78 is 0. The van der Waals surface area contributed by atoms with Crippen LogP contribution in [0.25, 0.3) is 0 Å². The Kier molecular flexibility index (Phi) is 3.99. The standard InChI is InChI=1S/C11H16ClN3OS/c1-3-7(4-2)10-13-14-11(17-10)15-6-8(12)5-9(15)16/h7-8H,3-6H2,1-2H3. The Hall–Kier alpha value is -0.680. The number of nitrogens with zero attached hydrogens (tertiary/aromatic N) is 3. The van der Waals surface area contributed by atoms with E-state index in [1.165, 1.54) is 11.3 Å². The average molecular weight is 274 g/mol. The lowest BCUT2D eigenvalue weighted by Crippen LogP contribution is -2.24. The van der Waals surface area contributed by atoms with Crippen molar-refractivity contribution in [3.8, 4) is 0 Å². The summed E-state index contributed by atoms with van der Waals surface area (Å²) in [5, 5.41) is 9.93. The number of hydrogen-bond donors (Lipinski definition) is 0. The maximum absolute atomic E-state index is 11.7. The van der Waals surface area contributed by atoms with E-state index in [1.54, 1.807) is 4.90 Å². The SMILES string of the molecule is CCC(CC)c1nnc(N2CC(Cl)CC2=O)s1. The lowest BCUT2D eigenvalue weighted by molar-refractivity contribution is -0.117. The number of alkyl halides is 1. The quantitative estimate of drug-likeness (QED) is 0.793. The maximum atomic E-state index is 11.7. The topological polar surface area (TPSA) is 46.1 Å². The van der Waals surface area contributed by atoms with Crippen molar-refractivity contribution in [3.05, 3.63) is 5.01 Å². The van der Waals surface area contributed by atoms with E-state index in [0.29, 0.717) is 24.0 Å². The third-order valence-electron chi connectivity index (χ3n) is 3.07. The second-order valence-electron chi connectivity index (χ2n) is 4.24. The number of amides is 1. The first-order chi connectivity index (χ1) is 8.15. The zero-order chi connectivity index (χ0) is 12.4. The van der Waals surface area contributed by atoms with Crippen molar-refractivity contribution < 1.29 is 4.79 Å². The van der Waals surface area contributed by atoms with Gasteiger partial charge in [0.25, 0.3) is 0 Å². The molecule has 1 unspecified atom stereocenters. The van der Waals surface area contributed by atoms with Crippen LogP contribution < -0.4 is 4.90 Å². The summed E-state index contributed by atoms with van der Waals surface area (Å²) >= 11 is 7.49. The number of halogens is 1. The molecule has 17 heavy (non-hydrogen) atoms. The number of hydrogen-bond acceptors (Lipinski definition) is 4. The van der Waals surface area contributed by atoms with Crippen LogP contribution in [0.3, 0.4) is 0 Å². The van der Waals surface area contributed by atoms with Crippen LogP contribution in [-0.2, 0) is 4.79 Å². The molecule has 0 bridgehead atoms. The van der Waals surface area contributed by atoms with Gasteiger partial charge >= 0.3 is 0 Å². The van der Waals surface area contributed by atoms with Crippen LogP contribution in [0.15, 0.2) is 0 Å². The van der Waals surface area contributed by atoms with Gasteiger partial charge in [-0.1, -0.05) is 25.2 Å². The zero-order valence-corrected chi connectivity index (χ0v) is 11.6. The van der Waals surface area contributed by atoms with Crippen LogP contribution in [-0.4, -0.2) is 28.0 Å². The molecular weight excluding hydrogens is 258 g/mol. The second kappa shape index (κ2) is 5.31. The molecular formula is C11H16ClN3OS. The van der Waals surface area contributed by atoms with E-state index in [2.05, 4.69) is 24.0 Å². The van der Waals surface area contributed by atoms with Gasteiger partial charge in [-0.3, -0.25) is 9.69 Å². The molecule has 1 saturated heterocycles. The van der Waals surface area contributed by atoms with Gasteiger partial charge < -0.3 is 0 Å². The summed E-state index contributed by atoms with van der Waals surface area (Å²) in [6.07, 6.45) is 2.51. The average Bonchev–Trinajstić information content (AvgIpc) is 2.87. The van der Waals surface area contributed by atoms with Gasteiger partial charge in [-0.15, -0.1) is 21.8 Å². The first-order valence-electron chi connectivity index (χ1n) is 5.93. The molecule has 0 aromatic carbocycles. The fourth-order valence-electron chi connectivity index (χ4n) is 1.99. The van der Waals surface area contributed by atoms with Crippen LogP contribution in [0.4, 0.5) is 5.13 Å².